The summed E-state index contributed by atoms with van der Waals surface area (Å²) >= 11 is 0. The maximum atomic E-state index is 2.46. The van der Waals surface area contributed by atoms with Crippen LogP contribution < -0.4 is 0 Å². The zero-order valence-corrected chi connectivity index (χ0v) is 17.1. The maximum Gasteiger partial charge on any atom is -0.0276 e. The first-order valence-electron chi connectivity index (χ1n) is 11.1. The summed E-state index contributed by atoms with van der Waals surface area (Å²) in [4.78, 5) is 0. The second-order valence-electron chi connectivity index (χ2n) is 10.0. The van der Waals surface area contributed by atoms with Crippen LogP contribution in [0.25, 0.3) is 0 Å². The van der Waals surface area contributed by atoms with Gasteiger partial charge in [-0.2, -0.15) is 0 Å². The molecule has 1 aromatic carbocycles. The van der Waals surface area contributed by atoms with Gasteiger partial charge >= 0.3 is 0 Å². The van der Waals surface area contributed by atoms with Gasteiger partial charge in [0.1, 0.15) is 0 Å². The molecular weight excluding hydrogens is 300 g/mol. The lowest BCUT2D eigenvalue weighted by Gasteiger charge is -2.11. The molecule has 3 rings (SSSR count). The van der Waals surface area contributed by atoms with E-state index in [4.69, 9.17) is 0 Å². The summed E-state index contributed by atoms with van der Waals surface area (Å²) in [5.74, 6) is 0. The minimum Gasteiger partial charge on any atom is -0.0596 e. The summed E-state index contributed by atoms with van der Waals surface area (Å²) in [7, 11) is 0. The predicted molar refractivity (Wildman–Crippen MR) is 110 cm³/mol. The molecular formula is C25H40. The van der Waals surface area contributed by atoms with Gasteiger partial charge in [0, 0.05) is 0 Å². The molecule has 0 radical (unpaired) electrons. The minimum atomic E-state index is 0.731. The summed E-state index contributed by atoms with van der Waals surface area (Å²) < 4.78 is 0. The molecule has 0 heteroatoms. The molecule has 0 N–H and O–H groups in total. The van der Waals surface area contributed by atoms with Crippen molar-refractivity contribution in [2.24, 2.45) is 10.8 Å². The van der Waals surface area contributed by atoms with Crippen molar-refractivity contribution in [3.05, 3.63) is 34.9 Å². The van der Waals surface area contributed by atoms with E-state index in [1.807, 2.05) is 0 Å². The number of benzene rings is 1. The zero-order valence-electron chi connectivity index (χ0n) is 17.1. The summed E-state index contributed by atoms with van der Waals surface area (Å²) in [6.45, 7) is 7.24. The normalized spacial score (nSPS) is 19.8. The van der Waals surface area contributed by atoms with Gasteiger partial charge in [0.25, 0.3) is 0 Å². The average molecular weight is 341 g/mol. The van der Waals surface area contributed by atoms with Crippen LogP contribution in [-0.2, 0) is 12.8 Å². The lowest BCUT2D eigenvalue weighted by Crippen LogP contribution is -1.96. The summed E-state index contributed by atoms with van der Waals surface area (Å²) in [6, 6.07) is 7.27. The Hall–Kier alpha value is -0.780. The second-order valence-corrected chi connectivity index (χ2v) is 10.0. The van der Waals surface area contributed by atoms with E-state index in [0.717, 1.165) is 10.8 Å². The molecule has 0 saturated heterocycles. The van der Waals surface area contributed by atoms with Crippen LogP contribution in [0, 0.1) is 17.8 Å². The molecule has 2 aliphatic rings. The predicted octanol–water partition coefficient (Wildman–Crippen LogP) is 7.80. The Morgan fingerprint density at radius 1 is 0.720 bits per heavy atom. The lowest BCUT2D eigenvalue weighted by molar-refractivity contribution is 0.472. The molecule has 0 nitrogen and oxygen atoms in total. The van der Waals surface area contributed by atoms with E-state index in [9.17, 15) is 0 Å². The summed E-state index contributed by atoms with van der Waals surface area (Å²) in [5.41, 5.74) is 6.15. The van der Waals surface area contributed by atoms with Crippen LogP contribution in [0.1, 0.15) is 108 Å². The third-order valence-electron chi connectivity index (χ3n) is 7.09. The number of unbranched alkanes of at least 4 members (excludes halogenated alkanes) is 4. The Bertz CT molecular complexity index is 545. The van der Waals surface area contributed by atoms with E-state index < -0.39 is 0 Å². The molecule has 2 fully saturated rings. The Labute approximate surface area is 156 Å². The first-order valence-corrected chi connectivity index (χ1v) is 11.1. The Kier molecular flexibility index (Phi) is 6.29. The Morgan fingerprint density at radius 2 is 1.28 bits per heavy atom. The molecule has 0 amide bonds. The Morgan fingerprint density at radius 3 is 1.88 bits per heavy atom. The quantitative estimate of drug-likeness (QED) is 0.340. The van der Waals surface area contributed by atoms with Crippen LogP contribution in [0.3, 0.4) is 0 Å². The van der Waals surface area contributed by atoms with Crippen LogP contribution in [0.5, 0.6) is 0 Å². The van der Waals surface area contributed by atoms with Gasteiger partial charge in [-0.05, 0) is 98.7 Å². The molecule has 0 spiro atoms. The molecule has 2 saturated carbocycles. The van der Waals surface area contributed by atoms with Gasteiger partial charge in [-0.3, -0.25) is 0 Å². The van der Waals surface area contributed by atoms with Crippen molar-refractivity contribution in [1.29, 1.82) is 0 Å². The van der Waals surface area contributed by atoms with Crippen molar-refractivity contribution < 1.29 is 0 Å². The fraction of sp³-hybridized carbons (Fsp3) is 0.760. The highest BCUT2D eigenvalue weighted by Gasteiger charge is 2.36. The van der Waals surface area contributed by atoms with E-state index >= 15 is 0 Å². The van der Waals surface area contributed by atoms with Crippen molar-refractivity contribution in [1.82, 2.24) is 0 Å². The van der Waals surface area contributed by atoms with Crippen molar-refractivity contribution >= 4 is 0 Å². The van der Waals surface area contributed by atoms with Gasteiger partial charge in [-0.1, -0.05) is 57.7 Å². The number of hydrogen-bond acceptors (Lipinski definition) is 0. The van der Waals surface area contributed by atoms with Crippen LogP contribution in [0.4, 0.5) is 0 Å². The van der Waals surface area contributed by atoms with Gasteiger partial charge in [-0.25, -0.2) is 0 Å². The zero-order chi connectivity index (χ0) is 17.8. The SMILES string of the molecule is Cc1cc(CCCCCCC2(C)CC2)ccc1CCCCC1(C)CC1. The molecule has 25 heavy (non-hydrogen) atoms. The molecule has 140 valence electrons. The summed E-state index contributed by atoms with van der Waals surface area (Å²) in [6.07, 6.45) is 19.8. The van der Waals surface area contributed by atoms with E-state index in [2.05, 4.69) is 39.0 Å². The largest absolute Gasteiger partial charge is 0.0596 e. The second kappa shape index (κ2) is 8.28. The fourth-order valence-corrected chi connectivity index (χ4v) is 4.22. The molecule has 0 unspecified atom stereocenters. The number of aryl methyl sites for hydroxylation is 3. The standard InChI is InChI=1S/C25H40/c1-21-20-22(10-6-4-5-8-14-24(2)16-17-24)12-13-23(21)11-7-9-15-25(3)18-19-25/h12-13,20H,4-11,14-19H2,1-3H3. The maximum absolute atomic E-state index is 2.46. The summed E-state index contributed by atoms with van der Waals surface area (Å²) in [5, 5.41) is 0. The van der Waals surface area contributed by atoms with Crippen LogP contribution >= 0.6 is 0 Å². The molecule has 2 aliphatic carbocycles. The third kappa shape index (κ3) is 6.46. The van der Waals surface area contributed by atoms with Gasteiger partial charge in [-0.15, -0.1) is 0 Å². The van der Waals surface area contributed by atoms with Crippen LogP contribution in [0.2, 0.25) is 0 Å². The van der Waals surface area contributed by atoms with Crippen molar-refractivity contribution in [2.45, 2.75) is 111 Å². The minimum absolute atomic E-state index is 0.731. The van der Waals surface area contributed by atoms with Gasteiger partial charge in [0.05, 0.1) is 0 Å². The number of hydrogen-bond donors (Lipinski definition) is 0. The van der Waals surface area contributed by atoms with E-state index in [1.54, 1.807) is 11.1 Å². The average Bonchev–Trinajstić information content (AvgIpc) is 3.49. The van der Waals surface area contributed by atoms with E-state index in [1.165, 1.54) is 95.5 Å². The molecule has 0 heterocycles. The molecule has 0 bridgehead atoms. The van der Waals surface area contributed by atoms with Crippen molar-refractivity contribution in [2.75, 3.05) is 0 Å². The topological polar surface area (TPSA) is 0 Å². The third-order valence-corrected chi connectivity index (χ3v) is 7.09. The Balaban J connectivity index is 1.29. The smallest absolute Gasteiger partial charge is 0.0276 e. The highest BCUT2D eigenvalue weighted by atomic mass is 14.4. The van der Waals surface area contributed by atoms with Crippen LogP contribution in [0.15, 0.2) is 18.2 Å². The highest BCUT2D eigenvalue weighted by molar-refractivity contribution is 5.31. The molecule has 0 atom stereocenters. The van der Waals surface area contributed by atoms with Gasteiger partial charge in [0.2, 0.25) is 0 Å². The lowest BCUT2D eigenvalue weighted by atomic mass is 9.95. The van der Waals surface area contributed by atoms with Crippen LogP contribution in [-0.4, -0.2) is 0 Å². The fourth-order valence-electron chi connectivity index (χ4n) is 4.22. The van der Waals surface area contributed by atoms with E-state index in [-0.39, 0.29) is 0 Å². The molecule has 0 aromatic heterocycles. The van der Waals surface area contributed by atoms with Crippen molar-refractivity contribution in [3.63, 3.8) is 0 Å². The van der Waals surface area contributed by atoms with Gasteiger partial charge < -0.3 is 0 Å². The first-order chi connectivity index (χ1) is 12.0. The number of rotatable bonds is 12. The van der Waals surface area contributed by atoms with Crippen molar-refractivity contribution in [3.8, 4) is 0 Å². The van der Waals surface area contributed by atoms with E-state index in [0.29, 0.717) is 0 Å². The van der Waals surface area contributed by atoms with Gasteiger partial charge in [0.15, 0.2) is 0 Å². The molecule has 1 aromatic rings. The first kappa shape index (κ1) is 19.0. The molecule has 0 aliphatic heterocycles. The highest BCUT2D eigenvalue weighted by Crippen LogP contribution is 2.49. The monoisotopic (exact) mass is 340 g/mol.